The molecule has 0 aliphatic heterocycles. The van der Waals surface area contributed by atoms with E-state index in [0.29, 0.717) is 5.82 Å². The van der Waals surface area contributed by atoms with Crippen molar-refractivity contribution in [1.82, 2.24) is 15.0 Å². The van der Waals surface area contributed by atoms with Gasteiger partial charge in [-0.3, -0.25) is 9.78 Å². The molecule has 3 rings (SSSR count). The molecule has 106 valence electrons. The molecule has 0 saturated carbocycles. The molecule has 0 spiro atoms. The van der Waals surface area contributed by atoms with Gasteiger partial charge in [0.05, 0.1) is 5.52 Å². The number of anilines is 1. The Morgan fingerprint density at radius 2 is 2.00 bits per heavy atom. The molecule has 0 aliphatic rings. The molecule has 0 aliphatic carbocycles. The second-order valence-electron chi connectivity index (χ2n) is 5.22. The van der Waals surface area contributed by atoms with E-state index in [0.717, 1.165) is 22.2 Å². The summed E-state index contributed by atoms with van der Waals surface area (Å²) in [4.78, 5) is 23.3. The van der Waals surface area contributed by atoms with Crippen LogP contribution in [0.2, 0.25) is 0 Å². The summed E-state index contributed by atoms with van der Waals surface area (Å²) in [5, 5.41) is 3.81. The number of carbonyl (C=O) groups is 1. The first-order valence-corrected chi connectivity index (χ1v) is 6.83. The van der Waals surface area contributed by atoms with Crippen LogP contribution in [0.25, 0.3) is 22.2 Å². The Morgan fingerprint density at radius 3 is 2.71 bits per heavy atom. The van der Waals surface area contributed by atoms with Crippen molar-refractivity contribution >= 4 is 22.6 Å². The first kappa shape index (κ1) is 13.3. The zero-order valence-corrected chi connectivity index (χ0v) is 11.9. The van der Waals surface area contributed by atoms with E-state index in [9.17, 15) is 4.79 Å². The summed E-state index contributed by atoms with van der Waals surface area (Å²) in [6, 6.07) is 7.77. The first-order valence-electron chi connectivity index (χ1n) is 6.83. The highest BCUT2D eigenvalue weighted by atomic mass is 16.1. The number of pyridine rings is 2. The summed E-state index contributed by atoms with van der Waals surface area (Å²) in [7, 11) is 0. The van der Waals surface area contributed by atoms with E-state index in [2.05, 4.69) is 20.3 Å². The van der Waals surface area contributed by atoms with Crippen molar-refractivity contribution < 1.29 is 4.79 Å². The van der Waals surface area contributed by atoms with Crippen LogP contribution in [0.4, 0.5) is 5.82 Å². The fourth-order valence-corrected chi connectivity index (χ4v) is 2.05. The van der Waals surface area contributed by atoms with E-state index in [-0.39, 0.29) is 11.8 Å². The molecule has 5 nitrogen and oxygen atoms in total. The molecule has 1 amide bonds. The van der Waals surface area contributed by atoms with Crippen molar-refractivity contribution in [2.75, 3.05) is 5.32 Å². The van der Waals surface area contributed by atoms with Crippen molar-refractivity contribution in [3.05, 3.63) is 42.9 Å². The molecule has 0 aromatic carbocycles. The molecule has 3 aromatic rings. The third-order valence-corrected chi connectivity index (χ3v) is 3.27. The molecule has 0 unspecified atom stereocenters. The maximum Gasteiger partial charge on any atom is 0.228 e. The molecule has 3 aromatic heterocycles. The number of nitrogens with one attached hydrogen (secondary N) is 2. The second kappa shape index (κ2) is 5.36. The van der Waals surface area contributed by atoms with Gasteiger partial charge in [0.15, 0.2) is 0 Å². The Morgan fingerprint density at radius 1 is 1.24 bits per heavy atom. The van der Waals surface area contributed by atoms with Gasteiger partial charge in [0, 0.05) is 47.2 Å². The number of carbonyl (C=O) groups excluding carboxylic acids is 1. The Bertz CT molecular complexity index is 777. The van der Waals surface area contributed by atoms with Crippen molar-refractivity contribution in [2.24, 2.45) is 5.92 Å². The minimum absolute atomic E-state index is 0.0391. The number of amides is 1. The average Bonchev–Trinajstić information content (AvgIpc) is 2.91. The smallest absolute Gasteiger partial charge is 0.228 e. The monoisotopic (exact) mass is 280 g/mol. The lowest BCUT2D eigenvalue weighted by Crippen LogP contribution is -2.18. The summed E-state index contributed by atoms with van der Waals surface area (Å²) in [5.74, 6) is 0.450. The maximum atomic E-state index is 11.7. The Balaban J connectivity index is 1.94. The number of fused-ring (bicyclic) bond motifs is 1. The van der Waals surface area contributed by atoms with Gasteiger partial charge in [-0.2, -0.15) is 0 Å². The molecule has 0 radical (unpaired) electrons. The van der Waals surface area contributed by atoms with Crippen LogP contribution in [0, 0.1) is 5.92 Å². The molecular weight excluding hydrogens is 264 g/mol. The predicted octanol–water partition coefficient (Wildman–Crippen LogP) is 3.22. The van der Waals surface area contributed by atoms with E-state index in [1.54, 1.807) is 18.6 Å². The van der Waals surface area contributed by atoms with E-state index in [1.807, 2.05) is 38.1 Å². The molecule has 0 bridgehead atoms. The van der Waals surface area contributed by atoms with Gasteiger partial charge in [-0.1, -0.05) is 13.8 Å². The van der Waals surface area contributed by atoms with Gasteiger partial charge >= 0.3 is 0 Å². The molecule has 2 N–H and O–H groups in total. The Labute approximate surface area is 122 Å². The van der Waals surface area contributed by atoms with Gasteiger partial charge < -0.3 is 10.3 Å². The highest BCUT2D eigenvalue weighted by Gasteiger charge is 2.09. The molecule has 5 heteroatoms. The van der Waals surface area contributed by atoms with Crippen LogP contribution in [0.3, 0.4) is 0 Å². The molecule has 0 atom stereocenters. The fraction of sp³-hybridized carbons (Fsp3) is 0.188. The number of aromatic amines is 1. The molecule has 0 fully saturated rings. The molecular formula is C16H16N4O. The third kappa shape index (κ3) is 2.76. The van der Waals surface area contributed by atoms with E-state index in [1.165, 1.54) is 0 Å². The van der Waals surface area contributed by atoms with Crippen LogP contribution in [0.5, 0.6) is 0 Å². The summed E-state index contributed by atoms with van der Waals surface area (Å²) >= 11 is 0. The number of hydrogen-bond acceptors (Lipinski definition) is 3. The molecule has 21 heavy (non-hydrogen) atoms. The third-order valence-electron chi connectivity index (χ3n) is 3.27. The topological polar surface area (TPSA) is 70.7 Å². The maximum absolute atomic E-state index is 11.7. The van der Waals surface area contributed by atoms with Crippen molar-refractivity contribution in [3.63, 3.8) is 0 Å². The van der Waals surface area contributed by atoms with Gasteiger partial charge in [-0.25, -0.2) is 4.98 Å². The second-order valence-corrected chi connectivity index (χ2v) is 5.22. The predicted molar refractivity (Wildman–Crippen MR) is 82.8 cm³/mol. The van der Waals surface area contributed by atoms with Crippen LogP contribution >= 0.6 is 0 Å². The minimum atomic E-state index is -0.0708. The number of H-pyrrole nitrogens is 1. The van der Waals surface area contributed by atoms with Gasteiger partial charge in [0.1, 0.15) is 5.82 Å². The highest BCUT2D eigenvalue weighted by Crippen LogP contribution is 2.24. The van der Waals surface area contributed by atoms with Gasteiger partial charge in [0.2, 0.25) is 5.91 Å². The summed E-state index contributed by atoms with van der Waals surface area (Å²) < 4.78 is 0. The first-order chi connectivity index (χ1) is 10.1. The summed E-state index contributed by atoms with van der Waals surface area (Å²) in [6.07, 6.45) is 5.27. The van der Waals surface area contributed by atoms with Crippen molar-refractivity contribution in [1.29, 1.82) is 0 Å². The van der Waals surface area contributed by atoms with Crippen LogP contribution in [0.15, 0.2) is 42.9 Å². The Kier molecular flexibility index (Phi) is 3.39. The summed E-state index contributed by atoms with van der Waals surface area (Å²) in [6.45, 7) is 3.70. The van der Waals surface area contributed by atoms with Crippen molar-refractivity contribution in [3.8, 4) is 11.3 Å². The zero-order valence-electron chi connectivity index (χ0n) is 11.9. The van der Waals surface area contributed by atoms with Gasteiger partial charge in [-0.05, 0) is 18.2 Å². The molecule has 3 heterocycles. The van der Waals surface area contributed by atoms with E-state index in [4.69, 9.17) is 0 Å². The molecule has 0 saturated heterocycles. The largest absolute Gasteiger partial charge is 0.354 e. The van der Waals surface area contributed by atoms with Crippen molar-refractivity contribution in [2.45, 2.75) is 13.8 Å². The number of nitrogens with zero attached hydrogens (tertiary/aromatic N) is 2. The summed E-state index contributed by atoms with van der Waals surface area (Å²) in [5.41, 5.74) is 3.01. The van der Waals surface area contributed by atoms with E-state index >= 15 is 0 Å². The van der Waals surface area contributed by atoms with Crippen LogP contribution in [-0.4, -0.2) is 20.9 Å². The quantitative estimate of drug-likeness (QED) is 0.773. The van der Waals surface area contributed by atoms with Gasteiger partial charge in [-0.15, -0.1) is 0 Å². The minimum Gasteiger partial charge on any atom is -0.354 e. The Hall–Kier alpha value is -2.69. The zero-order chi connectivity index (χ0) is 14.8. The van der Waals surface area contributed by atoms with Crippen LogP contribution in [-0.2, 0) is 4.79 Å². The SMILES string of the molecule is CC(C)C(=O)Nc1cc2[nH]c(-c3ccncc3)cc2cn1. The lowest BCUT2D eigenvalue weighted by Gasteiger charge is -2.06. The lowest BCUT2D eigenvalue weighted by atomic mass is 10.2. The lowest BCUT2D eigenvalue weighted by molar-refractivity contribution is -0.118. The highest BCUT2D eigenvalue weighted by molar-refractivity contribution is 5.94. The fourth-order valence-electron chi connectivity index (χ4n) is 2.05. The van der Waals surface area contributed by atoms with Crippen LogP contribution < -0.4 is 5.32 Å². The standard InChI is InChI=1S/C16H16N4O/c1-10(2)16(21)20-15-8-14-12(9-18-15)7-13(19-14)11-3-5-17-6-4-11/h3-10,19H,1-2H3,(H,18,20,21). The van der Waals surface area contributed by atoms with Gasteiger partial charge in [0.25, 0.3) is 0 Å². The average molecular weight is 280 g/mol. The normalized spacial score (nSPS) is 11.0. The van der Waals surface area contributed by atoms with Crippen LogP contribution in [0.1, 0.15) is 13.8 Å². The number of aromatic nitrogens is 3. The number of hydrogen-bond donors (Lipinski definition) is 2. The number of rotatable bonds is 3. The van der Waals surface area contributed by atoms with E-state index < -0.39 is 0 Å².